The van der Waals surface area contributed by atoms with Crippen molar-refractivity contribution in [2.75, 3.05) is 39.9 Å². The number of hydrogen-bond acceptors (Lipinski definition) is 5. The third-order valence-electron chi connectivity index (χ3n) is 6.22. The fourth-order valence-electron chi connectivity index (χ4n) is 4.81. The number of nitrogens with zero attached hydrogens (tertiary/aromatic N) is 3. The number of methoxy groups -OCH3 is 1. The van der Waals surface area contributed by atoms with Gasteiger partial charge in [0.15, 0.2) is 0 Å². The zero-order chi connectivity index (χ0) is 17.8. The Morgan fingerprint density at radius 1 is 1.19 bits per heavy atom. The van der Waals surface area contributed by atoms with Crippen LogP contribution in [0.25, 0.3) is 0 Å². The quantitative estimate of drug-likeness (QED) is 0.777. The Morgan fingerprint density at radius 3 is 2.73 bits per heavy atom. The summed E-state index contributed by atoms with van der Waals surface area (Å²) in [6.45, 7) is 7.76. The SMILES string of the molecule is COCC1CN(Cc2ccsc2)CC12CCN(Cc1cccnc1)CC2. The molecule has 4 nitrogen and oxygen atoms in total. The Labute approximate surface area is 160 Å². The van der Waals surface area contributed by atoms with E-state index in [1.807, 2.05) is 25.6 Å². The molecule has 2 saturated heterocycles. The standard InChI is InChI=1S/C21H29N3OS/c1-25-15-20-14-24(13-19-4-10-26-16-19)17-21(20)5-8-23(9-6-21)12-18-3-2-7-22-11-18/h2-4,7,10-11,16,20H,5-6,8-9,12-15,17H2,1H3. The van der Waals surface area contributed by atoms with Crippen molar-refractivity contribution >= 4 is 11.3 Å². The second-order valence-electron chi connectivity index (χ2n) is 7.95. The summed E-state index contributed by atoms with van der Waals surface area (Å²) in [5.41, 5.74) is 3.21. The highest BCUT2D eigenvalue weighted by Crippen LogP contribution is 2.45. The van der Waals surface area contributed by atoms with Crippen molar-refractivity contribution in [3.05, 3.63) is 52.5 Å². The van der Waals surface area contributed by atoms with Gasteiger partial charge in [0.05, 0.1) is 6.61 Å². The molecule has 2 aliphatic heterocycles. The molecule has 2 aromatic rings. The number of likely N-dealkylation sites (tertiary alicyclic amines) is 2. The third kappa shape index (κ3) is 4.01. The van der Waals surface area contributed by atoms with Gasteiger partial charge < -0.3 is 4.74 Å². The lowest BCUT2D eigenvalue weighted by molar-refractivity contribution is 0.0350. The number of hydrogen-bond donors (Lipinski definition) is 0. The Bertz CT molecular complexity index is 668. The second kappa shape index (κ2) is 8.17. The molecular weight excluding hydrogens is 342 g/mol. The monoisotopic (exact) mass is 371 g/mol. The predicted octanol–water partition coefficient (Wildman–Crippen LogP) is 3.50. The molecule has 2 aromatic heterocycles. The van der Waals surface area contributed by atoms with Gasteiger partial charge in [0.25, 0.3) is 0 Å². The van der Waals surface area contributed by atoms with E-state index in [1.165, 1.54) is 50.1 Å². The summed E-state index contributed by atoms with van der Waals surface area (Å²) in [6, 6.07) is 6.48. The first-order valence-electron chi connectivity index (χ1n) is 9.61. The topological polar surface area (TPSA) is 28.6 Å². The molecule has 1 spiro atoms. The van der Waals surface area contributed by atoms with Gasteiger partial charge in [0, 0.05) is 51.6 Å². The number of rotatable bonds is 6. The smallest absolute Gasteiger partial charge is 0.0508 e. The summed E-state index contributed by atoms with van der Waals surface area (Å²) in [5, 5.41) is 4.47. The van der Waals surface area contributed by atoms with Gasteiger partial charge in [-0.2, -0.15) is 11.3 Å². The molecule has 26 heavy (non-hydrogen) atoms. The molecule has 1 atom stereocenters. The summed E-state index contributed by atoms with van der Waals surface area (Å²) in [4.78, 5) is 9.50. The Balaban J connectivity index is 1.38. The van der Waals surface area contributed by atoms with Crippen LogP contribution >= 0.6 is 11.3 Å². The number of thiophene rings is 1. The van der Waals surface area contributed by atoms with Gasteiger partial charge in [-0.15, -0.1) is 0 Å². The van der Waals surface area contributed by atoms with Crippen molar-refractivity contribution in [2.45, 2.75) is 25.9 Å². The molecule has 1 unspecified atom stereocenters. The lowest BCUT2D eigenvalue weighted by atomic mass is 9.71. The third-order valence-corrected chi connectivity index (χ3v) is 6.95. The molecule has 5 heteroatoms. The highest BCUT2D eigenvalue weighted by atomic mass is 32.1. The molecular formula is C21H29N3OS. The summed E-state index contributed by atoms with van der Waals surface area (Å²) >= 11 is 1.80. The maximum Gasteiger partial charge on any atom is 0.0508 e. The first-order valence-corrected chi connectivity index (χ1v) is 10.6. The molecule has 0 amide bonds. The van der Waals surface area contributed by atoms with Crippen molar-refractivity contribution in [2.24, 2.45) is 11.3 Å². The molecule has 2 fully saturated rings. The van der Waals surface area contributed by atoms with Crippen molar-refractivity contribution in [1.82, 2.24) is 14.8 Å². The van der Waals surface area contributed by atoms with Crippen LogP contribution in [-0.4, -0.2) is 54.7 Å². The van der Waals surface area contributed by atoms with Crippen LogP contribution in [0.1, 0.15) is 24.0 Å². The van der Waals surface area contributed by atoms with Crippen LogP contribution in [-0.2, 0) is 17.8 Å². The Hall–Kier alpha value is -1.27. The Kier molecular flexibility index (Phi) is 5.69. The molecule has 140 valence electrons. The van der Waals surface area contributed by atoms with E-state index in [0.717, 1.165) is 19.7 Å². The van der Waals surface area contributed by atoms with Gasteiger partial charge in [-0.05, 0) is 65.4 Å². The molecule has 0 aromatic carbocycles. The zero-order valence-electron chi connectivity index (χ0n) is 15.6. The summed E-state index contributed by atoms with van der Waals surface area (Å²) < 4.78 is 5.61. The fraction of sp³-hybridized carbons (Fsp3) is 0.571. The molecule has 0 aliphatic carbocycles. The highest BCUT2D eigenvalue weighted by Gasteiger charge is 2.47. The van der Waals surface area contributed by atoms with Gasteiger partial charge in [-0.25, -0.2) is 0 Å². The number of pyridine rings is 1. The number of piperidine rings is 1. The molecule has 4 rings (SSSR count). The molecule has 0 radical (unpaired) electrons. The summed E-state index contributed by atoms with van der Waals surface area (Å²) in [5.74, 6) is 0.659. The maximum absolute atomic E-state index is 5.61. The fourth-order valence-corrected chi connectivity index (χ4v) is 5.47. The minimum Gasteiger partial charge on any atom is -0.384 e. The van der Waals surface area contributed by atoms with Gasteiger partial charge >= 0.3 is 0 Å². The lowest BCUT2D eigenvalue weighted by Crippen LogP contribution is -2.44. The highest BCUT2D eigenvalue weighted by molar-refractivity contribution is 7.07. The van der Waals surface area contributed by atoms with Crippen LogP contribution in [0.5, 0.6) is 0 Å². The van der Waals surface area contributed by atoms with Crippen molar-refractivity contribution < 1.29 is 4.74 Å². The van der Waals surface area contributed by atoms with Gasteiger partial charge in [-0.3, -0.25) is 14.8 Å². The molecule has 2 aliphatic rings. The van der Waals surface area contributed by atoms with Gasteiger partial charge in [0.1, 0.15) is 0 Å². The van der Waals surface area contributed by atoms with Crippen molar-refractivity contribution in [3.8, 4) is 0 Å². The normalized spacial score (nSPS) is 23.7. The van der Waals surface area contributed by atoms with E-state index < -0.39 is 0 Å². The van der Waals surface area contributed by atoms with E-state index in [4.69, 9.17) is 4.74 Å². The summed E-state index contributed by atoms with van der Waals surface area (Å²) in [6.07, 6.45) is 6.41. The zero-order valence-corrected chi connectivity index (χ0v) is 16.5. The maximum atomic E-state index is 5.61. The minimum absolute atomic E-state index is 0.428. The first kappa shape index (κ1) is 18.1. The minimum atomic E-state index is 0.428. The van der Waals surface area contributed by atoms with Crippen LogP contribution in [0.3, 0.4) is 0 Å². The van der Waals surface area contributed by atoms with Crippen LogP contribution in [0.4, 0.5) is 0 Å². The molecule has 0 bridgehead atoms. The van der Waals surface area contributed by atoms with Gasteiger partial charge in [-0.1, -0.05) is 6.07 Å². The van der Waals surface area contributed by atoms with Crippen molar-refractivity contribution in [1.29, 1.82) is 0 Å². The predicted molar refractivity (Wildman–Crippen MR) is 106 cm³/mol. The van der Waals surface area contributed by atoms with E-state index in [2.05, 4.69) is 37.7 Å². The van der Waals surface area contributed by atoms with Crippen LogP contribution in [0.2, 0.25) is 0 Å². The second-order valence-corrected chi connectivity index (χ2v) is 8.73. The molecule has 0 saturated carbocycles. The van der Waals surface area contributed by atoms with E-state index in [-0.39, 0.29) is 0 Å². The van der Waals surface area contributed by atoms with Crippen LogP contribution in [0.15, 0.2) is 41.4 Å². The molecule has 0 N–H and O–H groups in total. The van der Waals surface area contributed by atoms with Crippen LogP contribution < -0.4 is 0 Å². The van der Waals surface area contributed by atoms with Crippen molar-refractivity contribution in [3.63, 3.8) is 0 Å². The average Bonchev–Trinajstić information content (AvgIpc) is 3.28. The summed E-state index contributed by atoms with van der Waals surface area (Å²) in [7, 11) is 1.85. The Morgan fingerprint density at radius 2 is 2.04 bits per heavy atom. The van der Waals surface area contributed by atoms with Crippen LogP contribution in [0, 0.1) is 11.3 Å². The van der Waals surface area contributed by atoms with E-state index in [1.54, 1.807) is 11.3 Å². The number of ether oxygens (including phenoxy) is 1. The number of aromatic nitrogens is 1. The van der Waals surface area contributed by atoms with E-state index in [0.29, 0.717) is 11.3 Å². The largest absolute Gasteiger partial charge is 0.384 e. The van der Waals surface area contributed by atoms with E-state index >= 15 is 0 Å². The van der Waals surface area contributed by atoms with E-state index in [9.17, 15) is 0 Å². The molecule has 4 heterocycles. The van der Waals surface area contributed by atoms with Gasteiger partial charge in [0.2, 0.25) is 0 Å². The average molecular weight is 372 g/mol. The lowest BCUT2D eigenvalue weighted by Gasteiger charge is -2.42. The first-order chi connectivity index (χ1) is 12.8.